The van der Waals surface area contributed by atoms with E-state index in [0.29, 0.717) is 11.5 Å². The molecule has 0 aliphatic carbocycles. The summed E-state index contributed by atoms with van der Waals surface area (Å²) < 4.78 is 10.2. The Hall–Kier alpha value is -5.07. The van der Waals surface area contributed by atoms with E-state index in [-0.39, 0.29) is 5.91 Å². The van der Waals surface area contributed by atoms with Crippen molar-refractivity contribution in [3.05, 3.63) is 119 Å². The number of rotatable bonds is 5. The third kappa shape index (κ3) is 3.36. The number of hydrogen-bond donors (Lipinski definition) is 0. The van der Waals surface area contributed by atoms with Gasteiger partial charge in [0.2, 0.25) is 0 Å². The SMILES string of the molecule is Cc1cc(C2(c3ccc(OC#N)c(C)c3)C(=O)N(c3ccccc3)c3ccccc32)ccc1OC#N. The second-order valence-electron chi connectivity index (χ2n) is 8.59. The van der Waals surface area contributed by atoms with E-state index >= 15 is 0 Å². The molecule has 0 bridgehead atoms. The maximum atomic E-state index is 14.7. The van der Waals surface area contributed by atoms with Crippen molar-refractivity contribution in [2.45, 2.75) is 19.3 Å². The van der Waals surface area contributed by atoms with Crippen molar-refractivity contribution < 1.29 is 14.3 Å². The average Bonchev–Trinajstić information content (AvgIpc) is 3.16. The van der Waals surface area contributed by atoms with Crippen molar-refractivity contribution in [2.75, 3.05) is 4.90 Å². The fraction of sp³-hybridized carbons (Fsp3) is 0.100. The van der Waals surface area contributed by atoms with Crippen LogP contribution in [0, 0.1) is 36.9 Å². The number of anilines is 2. The van der Waals surface area contributed by atoms with Gasteiger partial charge in [-0.1, -0.05) is 60.7 Å². The highest BCUT2D eigenvalue weighted by Crippen LogP contribution is 2.53. The zero-order valence-electron chi connectivity index (χ0n) is 19.7. The number of fused-ring (bicyclic) bond motifs is 1. The Kier molecular flexibility index (Phi) is 5.64. The van der Waals surface area contributed by atoms with Crippen molar-refractivity contribution in [3.63, 3.8) is 0 Å². The van der Waals surface area contributed by atoms with Crippen LogP contribution in [0.2, 0.25) is 0 Å². The molecule has 36 heavy (non-hydrogen) atoms. The second kappa shape index (κ2) is 8.94. The summed E-state index contributed by atoms with van der Waals surface area (Å²) in [5.41, 5.74) is 4.16. The Morgan fingerprint density at radius 2 is 1.25 bits per heavy atom. The van der Waals surface area contributed by atoms with Crippen LogP contribution in [0.4, 0.5) is 11.4 Å². The van der Waals surface area contributed by atoms with Crippen molar-refractivity contribution in [2.24, 2.45) is 0 Å². The zero-order valence-corrected chi connectivity index (χ0v) is 19.7. The van der Waals surface area contributed by atoms with E-state index in [1.54, 1.807) is 29.5 Å². The van der Waals surface area contributed by atoms with E-state index in [1.165, 1.54) is 0 Å². The van der Waals surface area contributed by atoms with Gasteiger partial charge in [0, 0.05) is 11.3 Å². The molecule has 0 spiro atoms. The number of nitrogens with zero attached hydrogens (tertiary/aromatic N) is 3. The summed E-state index contributed by atoms with van der Waals surface area (Å²) in [6, 6.07) is 28.2. The number of benzene rings is 4. The van der Waals surface area contributed by atoms with Gasteiger partial charge < -0.3 is 9.47 Å². The third-order valence-electron chi connectivity index (χ3n) is 6.61. The summed E-state index contributed by atoms with van der Waals surface area (Å²) in [7, 11) is 0. The van der Waals surface area contributed by atoms with Gasteiger partial charge in [-0.2, -0.15) is 0 Å². The monoisotopic (exact) mass is 471 g/mol. The topological polar surface area (TPSA) is 86.3 Å². The van der Waals surface area contributed by atoms with Crippen LogP contribution < -0.4 is 14.4 Å². The first kappa shape index (κ1) is 22.7. The second-order valence-corrected chi connectivity index (χ2v) is 8.59. The summed E-state index contributed by atoms with van der Waals surface area (Å²) in [5.74, 6) is 0.740. The summed E-state index contributed by atoms with van der Waals surface area (Å²) in [6.45, 7) is 3.69. The van der Waals surface area contributed by atoms with Gasteiger partial charge in [0.25, 0.3) is 18.4 Å². The third-order valence-corrected chi connectivity index (χ3v) is 6.61. The van der Waals surface area contributed by atoms with Crippen LogP contribution in [0.5, 0.6) is 11.5 Å². The number of ether oxygens (including phenoxy) is 2. The van der Waals surface area contributed by atoms with Crippen LogP contribution in [-0.2, 0) is 10.2 Å². The molecule has 0 unspecified atom stereocenters. The Balaban J connectivity index is 1.84. The van der Waals surface area contributed by atoms with Crippen LogP contribution in [-0.4, -0.2) is 5.91 Å². The molecule has 0 radical (unpaired) electrons. The molecule has 4 aromatic rings. The normalized spacial score (nSPS) is 13.4. The molecule has 174 valence electrons. The molecule has 5 rings (SSSR count). The van der Waals surface area contributed by atoms with E-state index < -0.39 is 5.41 Å². The molecule has 6 nitrogen and oxygen atoms in total. The quantitative estimate of drug-likeness (QED) is 0.332. The molecule has 1 aliphatic rings. The van der Waals surface area contributed by atoms with Crippen molar-refractivity contribution in [1.82, 2.24) is 0 Å². The molecule has 1 heterocycles. The largest absolute Gasteiger partial charge is 0.388 e. The van der Waals surface area contributed by atoms with Gasteiger partial charge in [0.1, 0.15) is 16.9 Å². The summed E-state index contributed by atoms with van der Waals surface area (Å²) in [4.78, 5) is 16.4. The van der Waals surface area contributed by atoms with Crippen LogP contribution in [0.1, 0.15) is 27.8 Å². The fourth-order valence-corrected chi connectivity index (χ4v) is 5.03. The van der Waals surface area contributed by atoms with Crippen LogP contribution >= 0.6 is 0 Å². The number of nitriles is 2. The first-order chi connectivity index (χ1) is 17.5. The molecule has 6 heteroatoms. The number of amides is 1. The lowest BCUT2D eigenvalue weighted by atomic mass is 9.69. The highest BCUT2D eigenvalue weighted by molar-refractivity contribution is 6.17. The van der Waals surface area contributed by atoms with Crippen molar-refractivity contribution >= 4 is 17.3 Å². The lowest BCUT2D eigenvalue weighted by Crippen LogP contribution is -2.40. The fourth-order valence-electron chi connectivity index (χ4n) is 5.03. The molecule has 4 aromatic carbocycles. The predicted molar refractivity (Wildman–Crippen MR) is 135 cm³/mol. The number of carbonyl (C=O) groups is 1. The number of para-hydroxylation sites is 2. The van der Waals surface area contributed by atoms with Gasteiger partial charge in [0.05, 0.1) is 5.69 Å². The summed E-state index contributed by atoms with van der Waals surface area (Å²) >= 11 is 0. The van der Waals surface area contributed by atoms with E-state index in [4.69, 9.17) is 20.0 Å². The number of aryl methyl sites for hydroxylation is 2. The van der Waals surface area contributed by atoms with Gasteiger partial charge in [-0.15, -0.1) is 10.5 Å². The molecule has 0 fully saturated rings. The van der Waals surface area contributed by atoms with E-state index in [2.05, 4.69) is 0 Å². The molecular weight excluding hydrogens is 450 g/mol. The van der Waals surface area contributed by atoms with Crippen molar-refractivity contribution in [1.29, 1.82) is 10.5 Å². The molecule has 0 atom stereocenters. The molecule has 1 amide bonds. The molecular formula is C30H21N3O3. The molecule has 0 aromatic heterocycles. The first-order valence-corrected chi connectivity index (χ1v) is 11.4. The van der Waals surface area contributed by atoms with Crippen LogP contribution in [0.15, 0.2) is 91.0 Å². The minimum absolute atomic E-state index is 0.128. The smallest absolute Gasteiger partial charge is 0.292 e. The molecule has 0 saturated carbocycles. The summed E-state index contributed by atoms with van der Waals surface area (Å²) in [6.07, 6.45) is 3.44. The maximum absolute atomic E-state index is 14.7. The highest BCUT2D eigenvalue weighted by Gasteiger charge is 2.54. The van der Waals surface area contributed by atoms with Crippen LogP contribution in [0.25, 0.3) is 0 Å². The number of carbonyl (C=O) groups excluding carboxylic acids is 1. The lowest BCUT2D eigenvalue weighted by molar-refractivity contribution is -0.120. The minimum atomic E-state index is -1.18. The number of hydrogen-bond acceptors (Lipinski definition) is 5. The summed E-state index contributed by atoms with van der Waals surface area (Å²) in [5, 5.41) is 18.0. The van der Waals surface area contributed by atoms with Gasteiger partial charge in [-0.05, 0) is 66.4 Å². The predicted octanol–water partition coefficient (Wildman–Crippen LogP) is 6.04. The molecule has 1 aliphatic heterocycles. The van der Waals surface area contributed by atoms with Crippen molar-refractivity contribution in [3.8, 4) is 24.0 Å². The minimum Gasteiger partial charge on any atom is -0.388 e. The van der Waals surface area contributed by atoms with Gasteiger partial charge in [-0.25, -0.2) is 0 Å². The molecule has 0 saturated heterocycles. The molecule has 0 N–H and O–H groups in total. The first-order valence-electron chi connectivity index (χ1n) is 11.4. The maximum Gasteiger partial charge on any atom is 0.292 e. The van der Waals surface area contributed by atoms with Gasteiger partial charge in [0.15, 0.2) is 0 Å². The standard InChI is InChI=1S/C30H21N3O3/c1-20-16-22(12-14-27(20)35-18-31)30(23-13-15-28(36-19-32)21(2)17-23)25-10-6-7-11-26(25)33(29(30)34)24-8-4-3-5-9-24/h3-17H,1-2H3. The van der Waals surface area contributed by atoms with Crippen LogP contribution in [0.3, 0.4) is 0 Å². The van der Waals surface area contributed by atoms with Gasteiger partial charge >= 0.3 is 0 Å². The Morgan fingerprint density at radius 3 is 1.78 bits per heavy atom. The Morgan fingerprint density at radius 1 is 0.722 bits per heavy atom. The van der Waals surface area contributed by atoms with E-state index in [9.17, 15) is 4.79 Å². The van der Waals surface area contributed by atoms with E-state index in [0.717, 1.165) is 39.2 Å². The van der Waals surface area contributed by atoms with E-state index in [1.807, 2.05) is 92.7 Å². The highest BCUT2D eigenvalue weighted by atomic mass is 16.5. The Bertz CT molecular complexity index is 1500. The van der Waals surface area contributed by atoms with Gasteiger partial charge in [-0.3, -0.25) is 9.69 Å². The Labute approximate surface area is 209 Å². The average molecular weight is 472 g/mol. The lowest BCUT2D eigenvalue weighted by Gasteiger charge is -2.31. The zero-order chi connectivity index (χ0) is 25.3.